The quantitative estimate of drug-likeness (QED) is 0.604. The summed E-state index contributed by atoms with van der Waals surface area (Å²) >= 11 is 0. The van der Waals surface area contributed by atoms with Crippen molar-refractivity contribution >= 4 is 5.91 Å². The smallest absolute Gasteiger partial charge is 0.293 e. The highest BCUT2D eigenvalue weighted by molar-refractivity contribution is 5.71. The minimum absolute atomic E-state index is 0.0717. The van der Waals surface area contributed by atoms with Crippen LogP contribution in [0.5, 0.6) is 0 Å². The van der Waals surface area contributed by atoms with Crippen LogP contribution in [0, 0.1) is 0 Å². The lowest BCUT2D eigenvalue weighted by atomic mass is 10.0. The number of quaternary nitrogens is 1. The van der Waals surface area contributed by atoms with Gasteiger partial charge in [0.25, 0.3) is 0 Å². The highest BCUT2D eigenvalue weighted by atomic mass is 16.1. The van der Waals surface area contributed by atoms with Crippen molar-refractivity contribution < 1.29 is 10.5 Å². The summed E-state index contributed by atoms with van der Waals surface area (Å²) < 4.78 is 0. The molecule has 1 fully saturated rings. The summed E-state index contributed by atoms with van der Waals surface area (Å²) in [4.78, 5) is 13.4. The van der Waals surface area contributed by atoms with Crippen LogP contribution in [0.15, 0.2) is 0 Å². The van der Waals surface area contributed by atoms with Crippen molar-refractivity contribution in [2.45, 2.75) is 45.2 Å². The maximum Gasteiger partial charge on any atom is 0.326 e. The largest absolute Gasteiger partial charge is 0.326 e. The van der Waals surface area contributed by atoms with Crippen LogP contribution in [0.2, 0.25) is 0 Å². The monoisotopic (exact) mass is 171 g/mol. The summed E-state index contributed by atoms with van der Waals surface area (Å²) in [6.45, 7) is 7.48. The van der Waals surface area contributed by atoms with Crippen LogP contribution < -0.4 is 5.73 Å². The van der Waals surface area contributed by atoms with E-state index in [2.05, 4.69) is 31.4 Å². The van der Waals surface area contributed by atoms with E-state index >= 15 is 0 Å². The summed E-state index contributed by atoms with van der Waals surface area (Å²) in [6.07, 6.45) is 2.11. The fraction of sp³-hybridized carbons (Fsp3) is 0.889. The predicted molar refractivity (Wildman–Crippen MR) is 47.4 cm³/mol. The van der Waals surface area contributed by atoms with Crippen LogP contribution in [0.4, 0.5) is 0 Å². The molecule has 0 spiro atoms. The molecule has 1 amide bonds. The standard InChI is InChI=1S/C9H18N2O/c1-9(2,3)11-6-4-5-7(11)8(10)12/h7H,4-6H2,1-3H3,(H2,10,12)/p+1. The van der Waals surface area contributed by atoms with Gasteiger partial charge in [-0.2, -0.15) is 0 Å². The normalized spacial score (nSPS) is 26.2. The first kappa shape index (κ1) is 9.68. The number of likely N-dealkylation sites (tertiary alicyclic amines) is 1. The van der Waals surface area contributed by atoms with Crippen LogP contribution in [0.1, 0.15) is 33.6 Å². The van der Waals surface area contributed by atoms with Gasteiger partial charge >= 0.3 is 5.91 Å². The third kappa shape index (κ3) is 1.84. The van der Waals surface area contributed by atoms with Gasteiger partial charge in [-0.25, -0.2) is 4.79 Å². The molecule has 0 saturated carbocycles. The van der Waals surface area contributed by atoms with Gasteiger partial charge in [0.1, 0.15) is 6.04 Å². The van der Waals surface area contributed by atoms with E-state index in [9.17, 15) is 4.79 Å². The van der Waals surface area contributed by atoms with E-state index in [1.807, 2.05) is 0 Å². The Morgan fingerprint density at radius 1 is 1.50 bits per heavy atom. The number of rotatable bonds is 1. The first-order valence-corrected chi connectivity index (χ1v) is 4.55. The molecule has 3 nitrogen and oxygen atoms in total. The van der Waals surface area contributed by atoms with Crippen molar-refractivity contribution in [1.29, 1.82) is 0 Å². The zero-order chi connectivity index (χ0) is 9.35. The predicted octanol–water partition coefficient (Wildman–Crippen LogP) is 0.0178. The second-order valence-electron chi connectivity index (χ2n) is 4.49. The molecule has 1 unspecified atom stereocenters. The Hall–Kier alpha value is -0.410. The van der Waals surface area contributed by atoms with Gasteiger partial charge in [-0.1, -0.05) is 0 Å². The van der Waals surface area contributed by atoms with Gasteiger partial charge in [0.2, 0.25) is 0 Å². The number of nitrogens with zero attached hydrogens (tertiary/aromatic N) is 1. The molecule has 0 bridgehead atoms. The minimum Gasteiger partial charge on any atom is -0.293 e. The van der Waals surface area contributed by atoms with Crippen molar-refractivity contribution in [2.75, 3.05) is 6.54 Å². The van der Waals surface area contributed by atoms with E-state index in [0.29, 0.717) is 0 Å². The van der Waals surface area contributed by atoms with Crippen molar-refractivity contribution in [3.63, 3.8) is 0 Å². The maximum absolute atomic E-state index is 11.2. The molecule has 0 aromatic heterocycles. The molecule has 0 aromatic carbocycles. The van der Waals surface area contributed by atoms with E-state index in [1.54, 1.807) is 0 Å². The third-order valence-electron chi connectivity index (χ3n) is 2.49. The number of hydrogen-bond acceptors (Lipinski definition) is 2. The minimum atomic E-state index is 0.0717. The average molecular weight is 171 g/mol. The zero-order valence-corrected chi connectivity index (χ0v) is 8.26. The molecule has 1 rings (SSSR count). The molecule has 1 atom stereocenters. The molecule has 0 aliphatic carbocycles. The summed E-state index contributed by atoms with van der Waals surface area (Å²) in [5.41, 5.74) is 3.61. The van der Waals surface area contributed by atoms with E-state index in [-0.39, 0.29) is 17.5 Å². The van der Waals surface area contributed by atoms with Gasteiger partial charge in [0.05, 0.1) is 0 Å². The highest BCUT2D eigenvalue weighted by Gasteiger charge is 2.37. The van der Waals surface area contributed by atoms with Crippen LogP contribution in [-0.4, -0.2) is 28.9 Å². The van der Waals surface area contributed by atoms with Gasteiger partial charge in [0.15, 0.2) is 0 Å². The first-order valence-electron chi connectivity index (χ1n) is 4.55. The van der Waals surface area contributed by atoms with Crippen LogP contribution in [0.25, 0.3) is 0 Å². The molecule has 1 heterocycles. The van der Waals surface area contributed by atoms with Crippen LogP contribution >= 0.6 is 0 Å². The van der Waals surface area contributed by atoms with E-state index in [4.69, 9.17) is 0 Å². The molecule has 0 aromatic rings. The lowest BCUT2D eigenvalue weighted by Gasteiger charge is -2.34. The average Bonchev–Trinajstić information content (AvgIpc) is 2.30. The molecule has 1 saturated heterocycles. The molecule has 70 valence electrons. The van der Waals surface area contributed by atoms with Gasteiger partial charge in [-0.3, -0.25) is 10.6 Å². The van der Waals surface area contributed by atoms with Crippen molar-refractivity contribution in [2.24, 2.45) is 0 Å². The van der Waals surface area contributed by atoms with Gasteiger partial charge < -0.3 is 0 Å². The lowest BCUT2D eigenvalue weighted by molar-refractivity contribution is -0.312. The Morgan fingerprint density at radius 3 is 2.42 bits per heavy atom. The number of carbonyl (C=O) groups excluding carboxylic acids is 1. The Kier molecular flexibility index (Phi) is 2.54. The second-order valence-corrected chi connectivity index (χ2v) is 4.49. The van der Waals surface area contributed by atoms with E-state index in [1.165, 1.54) is 0 Å². The molecule has 1 aliphatic rings. The molecular weight excluding hydrogens is 152 g/mol. The molecule has 3 N–H and O–H groups in total. The highest BCUT2D eigenvalue weighted by Crippen LogP contribution is 2.25. The number of amides is 1. The summed E-state index contributed by atoms with van der Waals surface area (Å²) in [6, 6.07) is 0.0741. The van der Waals surface area contributed by atoms with Crippen LogP contribution in [-0.2, 0) is 4.79 Å². The van der Waals surface area contributed by atoms with Crippen LogP contribution in [0.3, 0.4) is 0 Å². The molecule has 0 radical (unpaired) electrons. The molecule has 1 aliphatic heterocycles. The topological polar surface area (TPSA) is 48.0 Å². The van der Waals surface area contributed by atoms with Crippen molar-refractivity contribution in [3.05, 3.63) is 0 Å². The van der Waals surface area contributed by atoms with E-state index < -0.39 is 0 Å². The Bertz CT molecular complexity index is 183. The summed E-state index contributed by atoms with van der Waals surface area (Å²) in [7, 11) is 0. The second kappa shape index (κ2) is 3.15. The van der Waals surface area contributed by atoms with Gasteiger partial charge in [0, 0.05) is 5.54 Å². The number of hydrogen-bond donors (Lipinski definition) is 1. The number of carbonyl (C=O) groups is 1. The third-order valence-corrected chi connectivity index (χ3v) is 2.49. The lowest BCUT2D eigenvalue weighted by Crippen LogP contribution is -2.66. The summed E-state index contributed by atoms with van der Waals surface area (Å²) in [5.74, 6) is 0.0717. The van der Waals surface area contributed by atoms with Crippen molar-refractivity contribution in [3.8, 4) is 0 Å². The Balaban J connectivity index is 2.71. The van der Waals surface area contributed by atoms with E-state index in [0.717, 1.165) is 19.4 Å². The van der Waals surface area contributed by atoms with Gasteiger partial charge in [-0.05, 0) is 40.2 Å². The maximum atomic E-state index is 11.2. The van der Waals surface area contributed by atoms with Crippen molar-refractivity contribution in [1.82, 2.24) is 4.90 Å². The zero-order valence-electron chi connectivity index (χ0n) is 8.26. The van der Waals surface area contributed by atoms with Gasteiger partial charge in [-0.15, -0.1) is 0 Å². The summed E-state index contributed by atoms with van der Waals surface area (Å²) in [5, 5.41) is 0. The Morgan fingerprint density at radius 2 is 2.08 bits per heavy atom. The molecule has 3 heteroatoms. The Labute approximate surface area is 73.9 Å². The first-order chi connectivity index (χ1) is 5.43. The fourth-order valence-electron chi connectivity index (χ4n) is 1.90. The SMILES string of the molecule is CC(C)(C)N1CCCC1C([NH3+])=O. The fourth-order valence-corrected chi connectivity index (χ4v) is 1.90. The molecule has 12 heavy (non-hydrogen) atoms. The molecular formula is C9H19N2O+.